The van der Waals surface area contributed by atoms with Gasteiger partial charge < -0.3 is 4.74 Å². The van der Waals surface area contributed by atoms with Crippen LogP contribution in [0.4, 0.5) is 5.95 Å². The summed E-state index contributed by atoms with van der Waals surface area (Å²) in [5.74, 6) is 0.0536. The Balaban J connectivity index is 1.95. The van der Waals surface area contributed by atoms with Gasteiger partial charge in [0, 0.05) is 10.7 Å². The van der Waals surface area contributed by atoms with Gasteiger partial charge >= 0.3 is 0 Å². The van der Waals surface area contributed by atoms with Gasteiger partial charge in [-0.15, -0.1) is 0 Å². The molecule has 2 aromatic rings. The minimum Gasteiger partial charge on any atom is -0.482 e. The standard InChI is InChI=1S/C13H10Cl3N3O2/c1-7-4-11(16)18-13(17-7)19-12(20)6-21-10-3-2-8(14)5-9(10)15/h2-5H,6H2,1H3,(H,17,18,19,20). The molecule has 8 heteroatoms. The Morgan fingerprint density at radius 1 is 1.24 bits per heavy atom. The maximum Gasteiger partial charge on any atom is 0.264 e. The number of halogens is 3. The Labute approximate surface area is 136 Å². The lowest BCUT2D eigenvalue weighted by molar-refractivity contribution is -0.118. The fraction of sp³-hybridized carbons (Fsp3) is 0.154. The monoisotopic (exact) mass is 345 g/mol. The van der Waals surface area contributed by atoms with Crippen LogP contribution in [0.2, 0.25) is 15.2 Å². The maximum atomic E-state index is 11.8. The average Bonchev–Trinajstić information content (AvgIpc) is 2.36. The quantitative estimate of drug-likeness (QED) is 0.856. The van der Waals surface area contributed by atoms with Gasteiger partial charge in [-0.3, -0.25) is 10.1 Å². The number of benzene rings is 1. The Hall–Kier alpha value is -1.56. The molecule has 0 saturated heterocycles. The molecule has 0 spiro atoms. The van der Waals surface area contributed by atoms with Crippen molar-refractivity contribution in [3.8, 4) is 5.75 Å². The highest BCUT2D eigenvalue weighted by Crippen LogP contribution is 2.27. The van der Waals surface area contributed by atoms with Gasteiger partial charge in [0.2, 0.25) is 5.95 Å². The Morgan fingerprint density at radius 3 is 2.67 bits per heavy atom. The lowest BCUT2D eigenvalue weighted by Gasteiger charge is -2.08. The van der Waals surface area contributed by atoms with Crippen LogP contribution in [-0.2, 0) is 4.79 Å². The van der Waals surface area contributed by atoms with Crippen LogP contribution in [0.25, 0.3) is 0 Å². The molecule has 0 radical (unpaired) electrons. The summed E-state index contributed by atoms with van der Waals surface area (Å²) in [4.78, 5) is 19.7. The summed E-state index contributed by atoms with van der Waals surface area (Å²) in [6.07, 6.45) is 0. The van der Waals surface area contributed by atoms with Gasteiger partial charge in [0.05, 0.1) is 5.02 Å². The molecule has 0 aliphatic heterocycles. The van der Waals surface area contributed by atoms with Crippen LogP contribution >= 0.6 is 34.8 Å². The zero-order valence-corrected chi connectivity index (χ0v) is 13.1. The van der Waals surface area contributed by atoms with Crippen LogP contribution in [0.1, 0.15) is 5.69 Å². The number of anilines is 1. The number of amides is 1. The zero-order valence-electron chi connectivity index (χ0n) is 10.9. The van der Waals surface area contributed by atoms with Crippen LogP contribution in [0.3, 0.4) is 0 Å². The number of carbonyl (C=O) groups excluding carboxylic acids is 1. The first-order chi connectivity index (χ1) is 9.94. The van der Waals surface area contributed by atoms with Crippen molar-refractivity contribution in [2.75, 3.05) is 11.9 Å². The number of nitrogens with one attached hydrogen (secondary N) is 1. The predicted molar refractivity (Wildman–Crippen MR) is 82.4 cm³/mol. The van der Waals surface area contributed by atoms with Crippen molar-refractivity contribution in [2.24, 2.45) is 0 Å². The average molecular weight is 347 g/mol. The second kappa shape index (κ2) is 6.93. The number of aryl methyl sites for hydroxylation is 1. The first-order valence-electron chi connectivity index (χ1n) is 5.83. The minimum atomic E-state index is -0.428. The molecule has 0 saturated carbocycles. The highest BCUT2D eigenvalue weighted by molar-refractivity contribution is 6.35. The number of carbonyl (C=O) groups is 1. The first-order valence-corrected chi connectivity index (χ1v) is 6.96. The van der Waals surface area contributed by atoms with Gasteiger partial charge in [0.15, 0.2) is 6.61 Å². The molecule has 1 aromatic heterocycles. The Morgan fingerprint density at radius 2 is 2.00 bits per heavy atom. The molecule has 1 amide bonds. The van der Waals surface area contributed by atoms with Crippen molar-refractivity contribution < 1.29 is 9.53 Å². The highest BCUT2D eigenvalue weighted by Gasteiger charge is 2.09. The smallest absolute Gasteiger partial charge is 0.264 e. The molecule has 110 valence electrons. The number of rotatable bonds is 4. The van der Waals surface area contributed by atoms with E-state index in [1.807, 2.05) is 0 Å². The third kappa shape index (κ3) is 4.74. The molecule has 1 aromatic carbocycles. The normalized spacial score (nSPS) is 10.3. The molecule has 0 unspecified atom stereocenters. The van der Waals surface area contributed by atoms with Gasteiger partial charge in [-0.25, -0.2) is 9.97 Å². The van der Waals surface area contributed by atoms with Crippen molar-refractivity contribution in [2.45, 2.75) is 6.92 Å². The number of hydrogen-bond acceptors (Lipinski definition) is 4. The third-order valence-corrected chi connectivity index (χ3v) is 3.05. The zero-order chi connectivity index (χ0) is 15.4. The first kappa shape index (κ1) is 15.8. The summed E-state index contributed by atoms with van der Waals surface area (Å²) >= 11 is 17.5. The van der Waals surface area contributed by atoms with E-state index in [0.29, 0.717) is 21.5 Å². The van der Waals surface area contributed by atoms with Crippen molar-refractivity contribution in [1.82, 2.24) is 9.97 Å². The predicted octanol–water partition coefficient (Wildman–Crippen LogP) is 3.76. The van der Waals surface area contributed by atoms with E-state index in [2.05, 4.69) is 15.3 Å². The summed E-state index contributed by atoms with van der Waals surface area (Å²) in [7, 11) is 0. The maximum absolute atomic E-state index is 11.8. The van der Waals surface area contributed by atoms with Gasteiger partial charge in [-0.1, -0.05) is 34.8 Å². The third-order valence-electron chi connectivity index (χ3n) is 2.33. The molecule has 0 fully saturated rings. The largest absolute Gasteiger partial charge is 0.482 e. The molecule has 1 heterocycles. The van der Waals surface area contributed by atoms with E-state index in [0.717, 1.165) is 0 Å². The van der Waals surface area contributed by atoms with Crippen LogP contribution < -0.4 is 10.1 Å². The summed E-state index contributed by atoms with van der Waals surface area (Å²) in [6.45, 7) is 1.50. The molecule has 0 aliphatic rings. The second-order valence-corrected chi connectivity index (χ2v) is 5.30. The fourth-order valence-electron chi connectivity index (χ4n) is 1.48. The van der Waals surface area contributed by atoms with E-state index in [1.165, 1.54) is 6.07 Å². The highest BCUT2D eigenvalue weighted by atomic mass is 35.5. The van der Waals surface area contributed by atoms with Crippen molar-refractivity contribution in [1.29, 1.82) is 0 Å². The SMILES string of the molecule is Cc1cc(Cl)nc(NC(=O)COc2ccc(Cl)cc2Cl)n1. The molecule has 2 rings (SSSR count). The summed E-state index contributed by atoms with van der Waals surface area (Å²) in [6, 6.07) is 6.31. The van der Waals surface area contributed by atoms with Crippen LogP contribution in [0, 0.1) is 6.92 Å². The van der Waals surface area contributed by atoms with Gasteiger partial charge in [-0.05, 0) is 31.2 Å². The molecule has 5 nitrogen and oxygen atoms in total. The summed E-state index contributed by atoms with van der Waals surface area (Å²) < 4.78 is 5.30. The molecule has 0 bridgehead atoms. The van der Waals surface area contributed by atoms with Gasteiger partial charge in [0.1, 0.15) is 10.9 Å². The number of nitrogens with zero attached hydrogens (tertiary/aromatic N) is 2. The number of aromatic nitrogens is 2. The van der Waals surface area contributed by atoms with Crippen molar-refractivity contribution >= 4 is 46.7 Å². The van der Waals surface area contributed by atoms with Crippen LogP contribution in [0.15, 0.2) is 24.3 Å². The molecular formula is C13H10Cl3N3O2. The van der Waals surface area contributed by atoms with Crippen LogP contribution in [0.5, 0.6) is 5.75 Å². The summed E-state index contributed by atoms with van der Waals surface area (Å²) in [5, 5.41) is 3.54. The van der Waals surface area contributed by atoms with E-state index in [9.17, 15) is 4.79 Å². The van der Waals surface area contributed by atoms with E-state index in [1.54, 1.807) is 25.1 Å². The topological polar surface area (TPSA) is 64.1 Å². The van der Waals surface area contributed by atoms with Gasteiger partial charge in [0.25, 0.3) is 5.91 Å². The fourth-order valence-corrected chi connectivity index (χ4v) is 2.18. The van der Waals surface area contributed by atoms with Crippen molar-refractivity contribution in [3.63, 3.8) is 0 Å². The number of hydrogen-bond donors (Lipinski definition) is 1. The molecule has 21 heavy (non-hydrogen) atoms. The number of ether oxygens (including phenoxy) is 1. The van der Waals surface area contributed by atoms with E-state index in [4.69, 9.17) is 39.5 Å². The van der Waals surface area contributed by atoms with Crippen molar-refractivity contribution in [3.05, 3.63) is 45.2 Å². The van der Waals surface area contributed by atoms with Crippen LogP contribution in [-0.4, -0.2) is 22.5 Å². The lowest BCUT2D eigenvalue weighted by atomic mass is 10.3. The second-order valence-electron chi connectivity index (χ2n) is 4.07. The van der Waals surface area contributed by atoms with E-state index >= 15 is 0 Å². The molecule has 0 atom stereocenters. The Bertz CT molecular complexity index is 659. The van der Waals surface area contributed by atoms with E-state index < -0.39 is 5.91 Å². The molecule has 1 N–H and O–H groups in total. The Kier molecular flexibility index (Phi) is 5.22. The minimum absolute atomic E-state index is 0.121. The summed E-state index contributed by atoms with van der Waals surface area (Å²) in [5.41, 5.74) is 0.645. The van der Waals surface area contributed by atoms with E-state index in [-0.39, 0.29) is 17.7 Å². The molecular weight excluding hydrogens is 337 g/mol. The van der Waals surface area contributed by atoms with Gasteiger partial charge in [-0.2, -0.15) is 0 Å². The molecule has 0 aliphatic carbocycles. The lowest BCUT2D eigenvalue weighted by Crippen LogP contribution is -2.21.